The first kappa shape index (κ1) is 19.5. The minimum Gasteiger partial charge on any atom is -0.495 e. The molecular formula is C14H22Cl2N2O3S. The number of sulfonamides is 1. The van der Waals surface area contributed by atoms with Crippen LogP contribution in [-0.4, -0.2) is 46.5 Å². The summed E-state index contributed by atoms with van der Waals surface area (Å²) < 4.78 is 31.8. The fraction of sp³-hybridized carbons (Fsp3) is 0.571. The summed E-state index contributed by atoms with van der Waals surface area (Å²) in [4.78, 5) is 0.223. The molecule has 1 heterocycles. The molecule has 0 unspecified atom stereocenters. The lowest BCUT2D eigenvalue weighted by molar-refractivity contribution is 0.270. The van der Waals surface area contributed by atoms with Crippen LogP contribution in [0.5, 0.6) is 5.75 Å². The van der Waals surface area contributed by atoms with Gasteiger partial charge in [0, 0.05) is 13.1 Å². The predicted molar refractivity (Wildman–Crippen MR) is 90.7 cm³/mol. The molecule has 8 heteroatoms. The van der Waals surface area contributed by atoms with Gasteiger partial charge in [-0.3, -0.25) is 0 Å². The van der Waals surface area contributed by atoms with Gasteiger partial charge in [0.25, 0.3) is 0 Å². The maximum absolute atomic E-state index is 12.6. The van der Waals surface area contributed by atoms with Crippen molar-refractivity contribution in [2.75, 3.05) is 33.8 Å². The number of nitrogens with zero attached hydrogens (tertiary/aromatic N) is 1. The number of rotatable bonds is 5. The van der Waals surface area contributed by atoms with Gasteiger partial charge in [0.1, 0.15) is 5.75 Å². The van der Waals surface area contributed by atoms with Crippen LogP contribution in [0.1, 0.15) is 12.8 Å². The standard InChI is InChI=1S/C14H21ClN2O3S.ClH/c1-16-10-11-5-7-17(8-6-11)21(18,19)12-3-4-14(20-2)13(15)9-12;/h3-4,9,11,16H,5-8,10H2,1-2H3;1H. The van der Waals surface area contributed by atoms with Gasteiger partial charge in [-0.1, -0.05) is 11.6 Å². The van der Waals surface area contributed by atoms with Crippen molar-refractivity contribution < 1.29 is 13.2 Å². The summed E-state index contributed by atoms with van der Waals surface area (Å²) in [6, 6.07) is 4.58. The first-order chi connectivity index (χ1) is 9.98. The van der Waals surface area contributed by atoms with E-state index >= 15 is 0 Å². The molecule has 126 valence electrons. The summed E-state index contributed by atoms with van der Waals surface area (Å²) >= 11 is 6.02. The van der Waals surface area contributed by atoms with Crippen molar-refractivity contribution >= 4 is 34.0 Å². The third-order valence-electron chi connectivity index (χ3n) is 3.83. The summed E-state index contributed by atoms with van der Waals surface area (Å²) in [7, 11) is -0.0539. The zero-order valence-corrected chi connectivity index (χ0v) is 15.1. The van der Waals surface area contributed by atoms with Gasteiger partial charge in [0.05, 0.1) is 17.0 Å². The van der Waals surface area contributed by atoms with Gasteiger partial charge in [0.2, 0.25) is 10.0 Å². The van der Waals surface area contributed by atoms with Crippen molar-refractivity contribution in [3.8, 4) is 5.75 Å². The Morgan fingerprint density at radius 1 is 1.36 bits per heavy atom. The van der Waals surface area contributed by atoms with Gasteiger partial charge in [-0.15, -0.1) is 12.4 Å². The molecule has 1 saturated heterocycles. The Morgan fingerprint density at radius 3 is 2.50 bits per heavy atom. The second-order valence-corrected chi connectivity index (χ2v) is 7.55. The van der Waals surface area contributed by atoms with Crippen LogP contribution >= 0.6 is 24.0 Å². The van der Waals surface area contributed by atoms with E-state index in [9.17, 15) is 8.42 Å². The molecule has 0 radical (unpaired) electrons. The van der Waals surface area contributed by atoms with Crippen LogP contribution in [-0.2, 0) is 10.0 Å². The molecule has 1 aliphatic rings. The fourth-order valence-electron chi connectivity index (χ4n) is 2.60. The number of hydrogen-bond acceptors (Lipinski definition) is 4. The molecule has 1 aliphatic heterocycles. The van der Waals surface area contributed by atoms with Gasteiger partial charge in [0.15, 0.2) is 0 Å². The van der Waals surface area contributed by atoms with E-state index in [1.165, 1.54) is 17.5 Å². The first-order valence-corrected chi connectivity index (χ1v) is 8.79. The van der Waals surface area contributed by atoms with E-state index < -0.39 is 10.0 Å². The molecule has 1 N–H and O–H groups in total. The van der Waals surface area contributed by atoms with Gasteiger partial charge in [-0.05, 0) is 50.6 Å². The number of halogens is 2. The third kappa shape index (κ3) is 4.26. The number of nitrogens with one attached hydrogen (secondary N) is 1. The SMILES string of the molecule is CNCC1CCN(S(=O)(=O)c2ccc(OC)c(Cl)c2)CC1.Cl. The minimum atomic E-state index is -3.47. The van der Waals surface area contributed by atoms with E-state index in [1.807, 2.05) is 7.05 Å². The van der Waals surface area contributed by atoms with Crippen LogP contribution in [0.15, 0.2) is 23.1 Å². The maximum Gasteiger partial charge on any atom is 0.243 e. The number of ether oxygens (including phenoxy) is 1. The average molecular weight is 369 g/mol. The lowest BCUT2D eigenvalue weighted by atomic mass is 9.98. The Bertz CT molecular complexity index is 588. The van der Waals surface area contributed by atoms with E-state index in [0.717, 1.165) is 19.4 Å². The molecule has 1 fully saturated rings. The van der Waals surface area contributed by atoms with Crippen molar-refractivity contribution in [2.45, 2.75) is 17.7 Å². The molecule has 2 rings (SSSR count). The number of benzene rings is 1. The fourth-order valence-corrected chi connectivity index (χ4v) is 4.42. The van der Waals surface area contributed by atoms with E-state index in [0.29, 0.717) is 29.8 Å². The number of piperidine rings is 1. The monoisotopic (exact) mass is 368 g/mol. The van der Waals surface area contributed by atoms with Crippen LogP contribution in [0, 0.1) is 5.92 Å². The van der Waals surface area contributed by atoms with Gasteiger partial charge in [-0.2, -0.15) is 4.31 Å². The molecular weight excluding hydrogens is 347 g/mol. The molecule has 0 atom stereocenters. The third-order valence-corrected chi connectivity index (χ3v) is 6.02. The molecule has 1 aromatic rings. The van der Waals surface area contributed by atoms with Crippen molar-refractivity contribution in [2.24, 2.45) is 5.92 Å². The van der Waals surface area contributed by atoms with Gasteiger partial charge < -0.3 is 10.1 Å². The molecule has 0 amide bonds. The average Bonchev–Trinajstić information content (AvgIpc) is 2.48. The Kier molecular flexibility index (Phi) is 7.41. The highest BCUT2D eigenvalue weighted by Crippen LogP contribution is 2.30. The lowest BCUT2D eigenvalue weighted by Gasteiger charge is -2.31. The van der Waals surface area contributed by atoms with Crippen LogP contribution in [0.3, 0.4) is 0 Å². The number of hydrogen-bond donors (Lipinski definition) is 1. The van der Waals surface area contributed by atoms with E-state index in [2.05, 4.69) is 5.32 Å². The summed E-state index contributed by atoms with van der Waals surface area (Å²) in [5.74, 6) is 1.02. The predicted octanol–water partition coefficient (Wildman–Crippen LogP) is 2.39. The lowest BCUT2D eigenvalue weighted by Crippen LogP contribution is -2.40. The van der Waals surface area contributed by atoms with Crippen molar-refractivity contribution in [1.82, 2.24) is 9.62 Å². The number of methoxy groups -OCH3 is 1. The quantitative estimate of drug-likeness (QED) is 0.866. The Balaban J connectivity index is 0.00000242. The zero-order chi connectivity index (χ0) is 15.5. The minimum absolute atomic E-state index is 0. The molecule has 0 aromatic heterocycles. The summed E-state index contributed by atoms with van der Waals surface area (Å²) in [6.07, 6.45) is 1.76. The Labute approximate surface area is 143 Å². The molecule has 5 nitrogen and oxygen atoms in total. The maximum atomic E-state index is 12.6. The molecule has 0 spiro atoms. The Morgan fingerprint density at radius 2 is 2.00 bits per heavy atom. The summed E-state index contributed by atoms with van der Waals surface area (Å²) in [5.41, 5.74) is 0. The van der Waals surface area contributed by atoms with Crippen LogP contribution in [0.4, 0.5) is 0 Å². The second-order valence-electron chi connectivity index (χ2n) is 5.20. The van der Waals surface area contributed by atoms with Crippen LogP contribution < -0.4 is 10.1 Å². The highest BCUT2D eigenvalue weighted by Gasteiger charge is 2.29. The topological polar surface area (TPSA) is 58.6 Å². The smallest absolute Gasteiger partial charge is 0.243 e. The zero-order valence-electron chi connectivity index (χ0n) is 12.7. The van der Waals surface area contributed by atoms with Crippen molar-refractivity contribution in [1.29, 1.82) is 0 Å². The van der Waals surface area contributed by atoms with Crippen molar-refractivity contribution in [3.05, 3.63) is 23.2 Å². The Hall–Kier alpha value is -0.530. The molecule has 22 heavy (non-hydrogen) atoms. The first-order valence-electron chi connectivity index (χ1n) is 6.97. The molecule has 0 aliphatic carbocycles. The molecule has 0 bridgehead atoms. The van der Waals surface area contributed by atoms with Crippen molar-refractivity contribution in [3.63, 3.8) is 0 Å². The highest BCUT2D eigenvalue weighted by atomic mass is 35.5. The second kappa shape index (κ2) is 8.36. The van der Waals surface area contributed by atoms with Gasteiger partial charge >= 0.3 is 0 Å². The summed E-state index contributed by atoms with van der Waals surface area (Å²) in [6.45, 7) is 2.04. The van der Waals surface area contributed by atoms with E-state index in [1.54, 1.807) is 12.1 Å². The normalized spacial score (nSPS) is 17.0. The highest BCUT2D eigenvalue weighted by molar-refractivity contribution is 7.89. The van der Waals surface area contributed by atoms with E-state index in [4.69, 9.17) is 16.3 Å². The molecule has 1 aromatic carbocycles. The van der Waals surface area contributed by atoms with Crippen LogP contribution in [0.25, 0.3) is 0 Å². The summed E-state index contributed by atoms with van der Waals surface area (Å²) in [5, 5.41) is 3.45. The largest absolute Gasteiger partial charge is 0.495 e. The van der Waals surface area contributed by atoms with Crippen LogP contribution in [0.2, 0.25) is 5.02 Å². The van der Waals surface area contributed by atoms with E-state index in [-0.39, 0.29) is 17.3 Å². The van der Waals surface area contributed by atoms with Gasteiger partial charge in [-0.25, -0.2) is 8.42 Å². The molecule has 0 saturated carbocycles.